The van der Waals surface area contributed by atoms with Crippen molar-refractivity contribution in [2.24, 2.45) is 4.99 Å². The fraction of sp³-hybridized carbons (Fsp3) is 0.667. The largest absolute Gasteiger partial charge is 0.381 e. The molecule has 0 aromatic heterocycles. The molecule has 0 saturated carbocycles. The molecule has 1 aliphatic rings. The van der Waals surface area contributed by atoms with E-state index >= 15 is 0 Å². The summed E-state index contributed by atoms with van der Waals surface area (Å²) in [5.74, 6) is 3.34. The number of ether oxygens (including phenoxy) is 1. The van der Waals surface area contributed by atoms with Gasteiger partial charge >= 0.3 is 0 Å². The maximum Gasteiger partial charge on any atom is 0.191 e. The summed E-state index contributed by atoms with van der Waals surface area (Å²) in [6.07, 6.45) is 3.33. The zero-order chi connectivity index (χ0) is 19.2. The van der Waals surface area contributed by atoms with Crippen LogP contribution in [-0.2, 0) is 11.3 Å². The van der Waals surface area contributed by atoms with Gasteiger partial charge in [-0.15, -0.1) is 24.0 Å². The van der Waals surface area contributed by atoms with Crippen LogP contribution in [0, 0.1) is 0 Å². The Kier molecular flexibility index (Phi) is 14.6. The highest BCUT2D eigenvalue weighted by molar-refractivity contribution is 14.0. The molecule has 2 rings (SSSR count). The second kappa shape index (κ2) is 16.2. The predicted octanol–water partition coefficient (Wildman–Crippen LogP) is 4.12. The molecule has 1 heterocycles. The maximum absolute atomic E-state index is 5.60. The summed E-state index contributed by atoms with van der Waals surface area (Å²) in [7, 11) is 0. The Bertz CT molecular complexity index is 536. The number of rotatable bonds is 11. The highest BCUT2D eigenvalue weighted by atomic mass is 127. The minimum atomic E-state index is 0. The number of nitrogens with one attached hydrogen (secondary N) is 2. The van der Waals surface area contributed by atoms with E-state index in [-0.39, 0.29) is 24.0 Å². The molecule has 0 amide bonds. The van der Waals surface area contributed by atoms with Crippen LogP contribution in [0.2, 0.25) is 0 Å². The van der Waals surface area contributed by atoms with Gasteiger partial charge in [0.25, 0.3) is 0 Å². The summed E-state index contributed by atoms with van der Waals surface area (Å²) in [6, 6.07) is 8.86. The van der Waals surface area contributed by atoms with Gasteiger partial charge in [-0.2, -0.15) is 11.8 Å². The summed E-state index contributed by atoms with van der Waals surface area (Å²) in [5.41, 5.74) is 2.57. The summed E-state index contributed by atoms with van der Waals surface area (Å²) < 4.78 is 5.60. The van der Waals surface area contributed by atoms with E-state index in [1.54, 1.807) is 0 Å². The van der Waals surface area contributed by atoms with E-state index in [0.717, 1.165) is 58.2 Å². The lowest BCUT2D eigenvalue weighted by atomic mass is 10.2. The molecule has 0 radical (unpaired) electrons. The Morgan fingerprint density at radius 2 is 1.79 bits per heavy atom. The molecule has 2 N–H and O–H groups in total. The third-order valence-electron chi connectivity index (χ3n) is 4.48. The summed E-state index contributed by atoms with van der Waals surface area (Å²) in [6.45, 7) is 10.7. The van der Waals surface area contributed by atoms with Gasteiger partial charge in [-0.3, -0.25) is 0 Å². The van der Waals surface area contributed by atoms with Crippen LogP contribution in [0.25, 0.3) is 0 Å². The SMILES string of the molecule is CCCCOCCCNC(=NCc1ccc(N2CCSCC2)cc1)NCC.I. The lowest BCUT2D eigenvalue weighted by molar-refractivity contribution is 0.129. The lowest BCUT2D eigenvalue weighted by Crippen LogP contribution is -2.38. The van der Waals surface area contributed by atoms with Crippen molar-refractivity contribution in [3.05, 3.63) is 29.8 Å². The molecule has 0 aliphatic carbocycles. The first-order valence-corrected chi connectivity index (χ1v) is 11.5. The third-order valence-corrected chi connectivity index (χ3v) is 5.42. The number of benzene rings is 1. The first-order valence-electron chi connectivity index (χ1n) is 10.3. The van der Waals surface area contributed by atoms with E-state index in [1.807, 2.05) is 11.8 Å². The van der Waals surface area contributed by atoms with Crippen LogP contribution in [0.15, 0.2) is 29.3 Å². The molecule has 28 heavy (non-hydrogen) atoms. The van der Waals surface area contributed by atoms with E-state index < -0.39 is 0 Å². The molecule has 160 valence electrons. The first kappa shape index (κ1) is 25.4. The predicted molar refractivity (Wildman–Crippen MR) is 135 cm³/mol. The molecular formula is C21H37IN4OS. The van der Waals surface area contributed by atoms with Crippen LogP contribution in [0.1, 0.15) is 38.7 Å². The highest BCUT2D eigenvalue weighted by Crippen LogP contribution is 2.20. The van der Waals surface area contributed by atoms with Crippen molar-refractivity contribution in [1.82, 2.24) is 10.6 Å². The molecule has 0 atom stereocenters. The van der Waals surface area contributed by atoms with Gasteiger partial charge < -0.3 is 20.3 Å². The number of anilines is 1. The molecule has 7 heteroatoms. The molecule has 1 aromatic rings. The Hall–Kier alpha value is -0.670. The first-order chi connectivity index (χ1) is 13.3. The zero-order valence-corrected chi connectivity index (χ0v) is 20.6. The van der Waals surface area contributed by atoms with Crippen molar-refractivity contribution >= 4 is 47.4 Å². The average Bonchev–Trinajstić information content (AvgIpc) is 2.72. The molecule has 0 spiro atoms. The van der Waals surface area contributed by atoms with Gasteiger partial charge in [0.2, 0.25) is 0 Å². The maximum atomic E-state index is 5.60. The minimum Gasteiger partial charge on any atom is -0.381 e. The van der Waals surface area contributed by atoms with Gasteiger partial charge in [-0.1, -0.05) is 25.5 Å². The Labute approximate surface area is 192 Å². The second-order valence-electron chi connectivity index (χ2n) is 6.71. The van der Waals surface area contributed by atoms with Gasteiger partial charge in [0.15, 0.2) is 5.96 Å². The third kappa shape index (κ3) is 10.2. The number of hydrogen-bond donors (Lipinski definition) is 2. The minimum absolute atomic E-state index is 0. The topological polar surface area (TPSA) is 48.9 Å². The van der Waals surface area contributed by atoms with Crippen molar-refractivity contribution in [1.29, 1.82) is 0 Å². The second-order valence-corrected chi connectivity index (χ2v) is 7.93. The monoisotopic (exact) mass is 520 g/mol. The van der Waals surface area contributed by atoms with Crippen molar-refractivity contribution in [2.75, 3.05) is 55.8 Å². The molecule has 1 aromatic carbocycles. The lowest BCUT2D eigenvalue weighted by Gasteiger charge is -2.28. The van der Waals surface area contributed by atoms with Gasteiger partial charge in [0.1, 0.15) is 0 Å². The van der Waals surface area contributed by atoms with Crippen molar-refractivity contribution < 1.29 is 4.74 Å². The molecule has 0 unspecified atom stereocenters. The standard InChI is InChI=1S/C21H36N4OS.HI/c1-3-5-14-26-15-6-11-23-21(22-4-2)24-18-19-7-9-20(10-8-19)25-12-16-27-17-13-25;/h7-10H,3-6,11-18H2,1-2H3,(H2,22,23,24);1H. The van der Waals surface area contributed by atoms with Crippen LogP contribution in [0.4, 0.5) is 5.69 Å². The van der Waals surface area contributed by atoms with E-state index in [1.165, 1.54) is 29.2 Å². The van der Waals surface area contributed by atoms with Gasteiger partial charge in [0.05, 0.1) is 6.54 Å². The van der Waals surface area contributed by atoms with Crippen LogP contribution >= 0.6 is 35.7 Å². The molecule has 1 aliphatic heterocycles. The molecule has 5 nitrogen and oxygen atoms in total. The van der Waals surface area contributed by atoms with E-state index in [9.17, 15) is 0 Å². The van der Waals surface area contributed by atoms with E-state index in [2.05, 4.69) is 53.6 Å². The Morgan fingerprint density at radius 1 is 1.07 bits per heavy atom. The van der Waals surface area contributed by atoms with Crippen molar-refractivity contribution in [2.45, 2.75) is 39.7 Å². The fourth-order valence-corrected chi connectivity index (χ4v) is 3.78. The molecule has 0 bridgehead atoms. The smallest absolute Gasteiger partial charge is 0.191 e. The molecule has 1 saturated heterocycles. The molecular weight excluding hydrogens is 483 g/mol. The number of nitrogens with zero attached hydrogens (tertiary/aromatic N) is 2. The molecule has 1 fully saturated rings. The fourth-order valence-electron chi connectivity index (χ4n) is 2.88. The van der Waals surface area contributed by atoms with E-state index in [4.69, 9.17) is 9.73 Å². The normalized spacial score (nSPS) is 14.5. The number of thioether (sulfide) groups is 1. The van der Waals surface area contributed by atoms with Crippen LogP contribution < -0.4 is 15.5 Å². The zero-order valence-electron chi connectivity index (χ0n) is 17.4. The van der Waals surface area contributed by atoms with Crippen LogP contribution in [0.5, 0.6) is 0 Å². The van der Waals surface area contributed by atoms with Gasteiger partial charge in [-0.05, 0) is 37.5 Å². The summed E-state index contributed by atoms with van der Waals surface area (Å²) >= 11 is 2.04. The highest BCUT2D eigenvalue weighted by Gasteiger charge is 2.10. The number of unbranched alkanes of at least 4 members (excludes halogenated alkanes) is 1. The summed E-state index contributed by atoms with van der Waals surface area (Å²) in [4.78, 5) is 7.18. The van der Waals surface area contributed by atoms with Crippen molar-refractivity contribution in [3.8, 4) is 0 Å². The van der Waals surface area contributed by atoms with Crippen molar-refractivity contribution in [3.63, 3.8) is 0 Å². The number of halogens is 1. The van der Waals surface area contributed by atoms with Crippen LogP contribution in [0.3, 0.4) is 0 Å². The van der Waals surface area contributed by atoms with Gasteiger partial charge in [0, 0.05) is 56.6 Å². The number of guanidine groups is 1. The average molecular weight is 521 g/mol. The van der Waals surface area contributed by atoms with Crippen LogP contribution in [-0.4, -0.2) is 56.9 Å². The van der Waals surface area contributed by atoms with E-state index in [0.29, 0.717) is 6.54 Å². The Balaban J connectivity index is 0.00000392. The quantitative estimate of drug-likeness (QED) is 0.199. The number of hydrogen-bond acceptors (Lipinski definition) is 4. The number of aliphatic imine (C=N–C) groups is 1. The van der Waals surface area contributed by atoms with Gasteiger partial charge in [-0.25, -0.2) is 4.99 Å². The Morgan fingerprint density at radius 3 is 2.46 bits per heavy atom. The summed E-state index contributed by atoms with van der Waals surface area (Å²) in [5, 5.41) is 6.71.